The minimum Gasteiger partial charge on any atom is -0.506 e. The van der Waals surface area contributed by atoms with Crippen LogP contribution in [0.25, 0.3) is 0 Å². The Balaban J connectivity index is 2.36. The Morgan fingerprint density at radius 3 is 2.47 bits per heavy atom. The quantitative estimate of drug-likeness (QED) is 0.888. The van der Waals surface area contributed by atoms with E-state index < -0.39 is 24.0 Å². The molecule has 1 fully saturated rings. The summed E-state index contributed by atoms with van der Waals surface area (Å²) in [6, 6.07) is 1.07. The minimum absolute atomic E-state index is 0.0465. The van der Waals surface area contributed by atoms with Gasteiger partial charge in [0.25, 0.3) is 6.43 Å². The van der Waals surface area contributed by atoms with Crippen molar-refractivity contribution in [1.29, 1.82) is 0 Å². The molecule has 0 bridgehead atoms. The highest BCUT2D eigenvalue weighted by atomic mass is 79.9. The van der Waals surface area contributed by atoms with Crippen LogP contribution >= 0.6 is 15.9 Å². The highest BCUT2D eigenvalue weighted by molar-refractivity contribution is 9.10. The van der Waals surface area contributed by atoms with E-state index in [1.54, 1.807) is 4.90 Å². The number of alkyl halides is 2. The van der Waals surface area contributed by atoms with Crippen LogP contribution in [-0.2, 0) is 0 Å². The van der Waals surface area contributed by atoms with Crippen molar-refractivity contribution < 1.29 is 18.3 Å². The fourth-order valence-corrected chi connectivity index (χ4v) is 2.61. The summed E-state index contributed by atoms with van der Waals surface area (Å²) >= 11 is 2.87. The number of benzene rings is 1. The van der Waals surface area contributed by atoms with E-state index in [2.05, 4.69) is 21.2 Å². The third-order valence-electron chi connectivity index (χ3n) is 3.20. The predicted octanol–water partition coefficient (Wildman–Crippen LogP) is 2.51. The molecule has 0 aromatic heterocycles. The zero-order valence-corrected chi connectivity index (χ0v) is 11.6. The number of nitrogens with zero attached hydrogens (tertiary/aromatic N) is 1. The first-order valence-corrected chi connectivity index (χ1v) is 6.71. The summed E-state index contributed by atoms with van der Waals surface area (Å²) in [6.07, 6.45) is -2.65. The molecule has 19 heavy (non-hydrogen) atoms. The van der Waals surface area contributed by atoms with Crippen molar-refractivity contribution in [3.05, 3.63) is 28.0 Å². The fourth-order valence-electron chi connectivity index (χ4n) is 2.25. The van der Waals surface area contributed by atoms with E-state index in [1.807, 2.05) is 0 Å². The number of phenolic OH excluding ortho intramolecular Hbond substituents is 1. The molecule has 1 aromatic carbocycles. The minimum atomic E-state index is -2.65. The van der Waals surface area contributed by atoms with Gasteiger partial charge in [0, 0.05) is 31.7 Å². The standard InChI is InChI=1S/C12H14BrF3N2O/c13-9-8(14)2-1-7(11(9)19)10(12(15)16)18-5-3-17-4-6-18/h1-2,10,12,17,19H,3-6H2/t10-/m0/s1. The highest BCUT2D eigenvalue weighted by Gasteiger charge is 2.33. The fraction of sp³-hybridized carbons (Fsp3) is 0.500. The molecule has 1 aromatic rings. The van der Waals surface area contributed by atoms with Gasteiger partial charge in [-0.15, -0.1) is 0 Å². The third-order valence-corrected chi connectivity index (χ3v) is 3.96. The van der Waals surface area contributed by atoms with E-state index in [9.17, 15) is 18.3 Å². The normalized spacial score (nSPS) is 18.8. The number of hydrogen-bond acceptors (Lipinski definition) is 3. The number of phenols is 1. The maximum absolute atomic E-state index is 13.3. The molecule has 0 amide bonds. The Bertz CT molecular complexity index is 453. The van der Waals surface area contributed by atoms with Crippen LogP contribution in [-0.4, -0.2) is 42.6 Å². The monoisotopic (exact) mass is 338 g/mol. The summed E-state index contributed by atoms with van der Waals surface area (Å²) in [5, 5.41) is 12.9. The largest absolute Gasteiger partial charge is 0.506 e. The van der Waals surface area contributed by atoms with Crippen molar-refractivity contribution in [2.45, 2.75) is 12.5 Å². The summed E-state index contributed by atoms with van der Waals surface area (Å²) in [6.45, 7) is 2.16. The first-order chi connectivity index (χ1) is 9.02. The first kappa shape index (κ1) is 14.6. The number of rotatable bonds is 3. The summed E-state index contributed by atoms with van der Waals surface area (Å²) in [4.78, 5) is 1.60. The summed E-state index contributed by atoms with van der Waals surface area (Å²) in [7, 11) is 0. The van der Waals surface area contributed by atoms with Crippen molar-refractivity contribution >= 4 is 15.9 Å². The molecule has 0 aliphatic carbocycles. The van der Waals surface area contributed by atoms with Gasteiger partial charge in [0.2, 0.25) is 0 Å². The van der Waals surface area contributed by atoms with Gasteiger partial charge in [-0.05, 0) is 22.0 Å². The van der Waals surface area contributed by atoms with Gasteiger partial charge in [-0.1, -0.05) is 6.07 Å². The smallest absolute Gasteiger partial charge is 0.258 e. The zero-order valence-electron chi connectivity index (χ0n) is 10.0. The van der Waals surface area contributed by atoms with E-state index in [4.69, 9.17) is 0 Å². The van der Waals surface area contributed by atoms with E-state index in [0.717, 1.165) is 6.07 Å². The van der Waals surface area contributed by atoms with Crippen molar-refractivity contribution in [2.24, 2.45) is 0 Å². The number of piperazine rings is 1. The molecule has 0 unspecified atom stereocenters. The average Bonchev–Trinajstić information content (AvgIpc) is 2.40. The number of halogens is 4. The lowest BCUT2D eigenvalue weighted by Gasteiger charge is -2.35. The molecule has 0 radical (unpaired) electrons. The molecule has 1 atom stereocenters. The van der Waals surface area contributed by atoms with Crippen molar-refractivity contribution in [1.82, 2.24) is 10.2 Å². The lowest BCUT2D eigenvalue weighted by Crippen LogP contribution is -2.46. The molecule has 1 aliphatic rings. The first-order valence-electron chi connectivity index (χ1n) is 5.92. The van der Waals surface area contributed by atoms with Gasteiger partial charge in [0.1, 0.15) is 17.6 Å². The molecule has 0 spiro atoms. The van der Waals surface area contributed by atoms with Crippen LogP contribution in [0, 0.1) is 5.82 Å². The highest BCUT2D eigenvalue weighted by Crippen LogP contribution is 2.38. The van der Waals surface area contributed by atoms with Gasteiger partial charge in [-0.25, -0.2) is 13.2 Å². The number of nitrogens with one attached hydrogen (secondary N) is 1. The molecular formula is C12H14BrF3N2O. The van der Waals surface area contributed by atoms with Gasteiger partial charge in [-0.3, -0.25) is 4.90 Å². The molecular weight excluding hydrogens is 325 g/mol. The maximum Gasteiger partial charge on any atom is 0.258 e. The average molecular weight is 339 g/mol. The zero-order chi connectivity index (χ0) is 14.0. The van der Waals surface area contributed by atoms with Gasteiger partial charge in [0.15, 0.2) is 0 Å². The Labute approximate surface area is 117 Å². The Kier molecular flexibility index (Phi) is 4.70. The van der Waals surface area contributed by atoms with E-state index in [0.29, 0.717) is 26.2 Å². The van der Waals surface area contributed by atoms with Crippen LogP contribution in [0.3, 0.4) is 0 Å². The molecule has 2 rings (SSSR count). The Morgan fingerprint density at radius 2 is 1.89 bits per heavy atom. The lowest BCUT2D eigenvalue weighted by molar-refractivity contribution is 0.0169. The van der Waals surface area contributed by atoms with Crippen molar-refractivity contribution in [2.75, 3.05) is 26.2 Å². The van der Waals surface area contributed by atoms with Crippen LogP contribution in [0.4, 0.5) is 13.2 Å². The molecule has 106 valence electrons. The SMILES string of the molecule is Oc1c([C@@H](C(F)F)N2CCNCC2)ccc(F)c1Br. The van der Waals surface area contributed by atoms with E-state index >= 15 is 0 Å². The van der Waals surface area contributed by atoms with Gasteiger partial charge in [-0.2, -0.15) is 0 Å². The third kappa shape index (κ3) is 3.04. The van der Waals surface area contributed by atoms with Crippen LogP contribution in [0.15, 0.2) is 16.6 Å². The molecule has 3 nitrogen and oxygen atoms in total. The van der Waals surface area contributed by atoms with Crippen LogP contribution < -0.4 is 5.32 Å². The second-order valence-corrected chi connectivity index (χ2v) is 5.16. The molecule has 1 aliphatic heterocycles. The van der Waals surface area contributed by atoms with Crippen LogP contribution in [0.2, 0.25) is 0 Å². The van der Waals surface area contributed by atoms with Crippen LogP contribution in [0.1, 0.15) is 11.6 Å². The number of aromatic hydroxyl groups is 1. The van der Waals surface area contributed by atoms with Gasteiger partial charge in [0.05, 0.1) is 4.47 Å². The maximum atomic E-state index is 13.3. The van der Waals surface area contributed by atoms with E-state index in [1.165, 1.54) is 6.07 Å². The Morgan fingerprint density at radius 1 is 1.26 bits per heavy atom. The van der Waals surface area contributed by atoms with E-state index in [-0.39, 0.29) is 10.0 Å². The molecule has 1 heterocycles. The van der Waals surface area contributed by atoms with Crippen molar-refractivity contribution in [3.8, 4) is 5.75 Å². The van der Waals surface area contributed by atoms with Gasteiger partial charge >= 0.3 is 0 Å². The Hall–Kier alpha value is -0.790. The summed E-state index contributed by atoms with van der Waals surface area (Å²) in [5.74, 6) is -1.13. The molecule has 0 saturated carbocycles. The van der Waals surface area contributed by atoms with Gasteiger partial charge < -0.3 is 10.4 Å². The van der Waals surface area contributed by atoms with Crippen molar-refractivity contribution in [3.63, 3.8) is 0 Å². The molecule has 2 N–H and O–H groups in total. The predicted molar refractivity (Wildman–Crippen MR) is 69.0 cm³/mol. The van der Waals surface area contributed by atoms with Crippen LogP contribution in [0.5, 0.6) is 5.75 Å². The number of hydrogen-bond donors (Lipinski definition) is 2. The second kappa shape index (κ2) is 6.11. The topological polar surface area (TPSA) is 35.5 Å². The molecule has 7 heteroatoms. The summed E-state index contributed by atoms with van der Waals surface area (Å²) < 4.78 is 39.7. The lowest BCUT2D eigenvalue weighted by atomic mass is 10.0. The molecule has 1 saturated heterocycles. The summed E-state index contributed by atoms with van der Waals surface area (Å²) in [5.41, 5.74) is 0.0465. The second-order valence-electron chi connectivity index (χ2n) is 4.36.